The maximum absolute atomic E-state index is 4.52. The summed E-state index contributed by atoms with van der Waals surface area (Å²) in [5.41, 5.74) is 6.69. The van der Waals surface area contributed by atoms with Crippen LogP contribution >= 0.6 is 0 Å². The Kier molecular flexibility index (Phi) is 4.44. The molecule has 1 fully saturated rings. The molecule has 3 heteroatoms. The van der Waals surface area contributed by atoms with Crippen molar-refractivity contribution in [1.29, 1.82) is 0 Å². The van der Waals surface area contributed by atoms with Crippen molar-refractivity contribution < 1.29 is 0 Å². The third kappa shape index (κ3) is 3.14. The van der Waals surface area contributed by atoms with Crippen LogP contribution in [0, 0.1) is 20.8 Å². The monoisotopic (exact) mass is 295 g/mol. The highest BCUT2D eigenvalue weighted by Gasteiger charge is 2.19. The van der Waals surface area contributed by atoms with Crippen LogP contribution in [0.15, 0.2) is 36.5 Å². The molecule has 1 aliphatic heterocycles. The molecule has 0 spiro atoms. The summed E-state index contributed by atoms with van der Waals surface area (Å²) in [5, 5.41) is 0. The lowest BCUT2D eigenvalue weighted by Crippen LogP contribution is -2.46. The standard InChI is InChI=1S/C19H25N3/c1-15-6-4-8-19(17(15)3)22-12-10-21(11-13-22)14-18-16(2)7-5-9-20-18/h4-9H,10-14H2,1-3H3. The molecule has 0 N–H and O–H groups in total. The van der Waals surface area contributed by atoms with Gasteiger partial charge >= 0.3 is 0 Å². The van der Waals surface area contributed by atoms with Gasteiger partial charge in [-0.1, -0.05) is 18.2 Å². The van der Waals surface area contributed by atoms with E-state index in [4.69, 9.17) is 0 Å². The first-order valence-electron chi connectivity index (χ1n) is 8.09. The van der Waals surface area contributed by atoms with E-state index < -0.39 is 0 Å². The zero-order valence-electron chi connectivity index (χ0n) is 13.8. The maximum atomic E-state index is 4.52. The summed E-state index contributed by atoms with van der Waals surface area (Å²) >= 11 is 0. The predicted octanol–water partition coefficient (Wildman–Crippen LogP) is 3.33. The van der Waals surface area contributed by atoms with Crippen LogP contribution in [-0.2, 0) is 6.54 Å². The highest BCUT2D eigenvalue weighted by molar-refractivity contribution is 5.56. The van der Waals surface area contributed by atoms with Crippen molar-refractivity contribution in [3.8, 4) is 0 Å². The van der Waals surface area contributed by atoms with Crippen molar-refractivity contribution in [2.24, 2.45) is 0 Å². The molecule has 0 unspecified atom stereocenters. The molecule has 0 bridgehead atoms. The van der Waals surface area contributed by atoms with Gasteiger partial charge < -0.3 is 4.90 Å². The second kappa shape index (κ2) is 6.49. The lowest BCUT2D eigenvalue weighted by Gasteiger charge is -2.37. The number of piperazine rings is 1. The number of aromatic nitrogens is 1. The van der Waals surface area contributed by atoms with Crippen LogP contribution in [0.5, 0.6) is 0 Å². The topological polar surface area (TPSA) is 19.4 Å². The number of hydrogen-bond donors (Lipinski definition) is 0. The molecule has 0 amide bonds. The summed E-state index contributed by atoms with van der Waals surface area (Å²) < 4.78 is 0. The summed E-state index contributed by atoms with van der Waals surface area (Å²) in [6.07, 6.45) is 1.90. The van der Waals surface area contributed by atoms with E-state index in [0.717, 1.165) is 32.7 Å². The minimum atomic E-state index is 0.966. The van der Waals surface area contributed by atoms with Gasteiger partial charge in [0.1, 0.15) is 0 Å². The minimum absolute atomic E-state index is 0.966. The number of anilines is 1. The van der Waals surface area contributed by atoms with Crippen LogP contribution in [0.25, 0.3) is 0 Å². The van der Waals surface area contributed by atoms with Crippen molar-refractivity contribution in [2.75, 3.05) is 31.1 Å². The molecule has 0 radical (unpaired) electrons. The van der Waals surface area contributed by atoms with Gasteiger partial charge in [0, 0.05) is 44.6 Å². The van der Waals surface area contributed by atoms with Gasteiger partial charge in [-0.25, -0.2) is 0 Å². The zero-order chi connectivity index (χ0) is 15.5. The van der Waals surface area contributed by atoms with Gasteiger partial charge in [-0.3, -0.25) is 9.88 Å². The van der Waals surface area contributed by atoms with Crippen molar-refractivity contribution in [1.82, 2.24) is 9.88 Å². The third-order valence-corrected chi connectivity index (χ3v) is 4.78. The number of aryl methyl sites for hydroxylation is 2. The quantitative estimate of drug-likeness (QED) is 0.866. The van der Waals surface area contributed by atoms with Gasteiger partial charge in [-0.05, 0) is 49.6 Å². The average Bonchev–Trinajstić information content (AvgIpc) is 2.53. The van der Waals surface area contributed by atoms with E-state index in [1.165, 1.54) is 28.1 Å². The highest BCUT2D eigenvalue weighted by Crippen LogP contribution is 2.24. The fourth-order valence-corrected chi connectivity index (χ4v) is 3.12. The van der Waals surface area contributed by atoms with Crippen LogP contribution in [-0.4, -0.2) is 36.1 Å². The van der Waals surface area contributed by atoms with Crippen LogP contribution in [0.1, 0.15) is 22.4 Å². The first kappa shape index (κ1) is 15.0. The largest absolute Gasteiger partial charge is 0.369 e. The third-order valence-electron chi connectivity index (χ3n) is 4.78. The Hall–Kier alpha value is -1.87. The first-order valence-corrected chi connectivity index (χ1v) is 8.09. The molecule has 0 saturated carbocycles. The summed E-state index contributed by atoms with van der Waals surface area (Å²) in [6.45, 7) is 11.9. The normalized spacial score (nSPS) is 16.0. The molecule has 116 valence electrons. The van der Waals surface area contributed by atoms with E-state index in [9.17, 15) is 0 Å². The zero-order valence-corrected chi connectivity index (χ0v) is 13.8. The molecule has 2 aromatic rings. The van der Waals surface area contributed by atoms with E-state index in [1.807, 2.05) is 12.3 Å². The number of rotatable bonds is 3. The van der Waals surface area contributed by atoms with Crippen LogP contribution < -0.4 is 4.90 Å². The number of nitrogens with zero attached hydrogens (tertiary/aromatic N) is 3. The lowest BCUT2D eigenvalue weighted by atomic mass is 10.1. The second-order valence-electron chi connectivity index (χ2n) is 6.25. The maximum Gasteiger partial charge on any atom is 0.0573 e. The van der Waals surface area contributed by atoms with E-state index >= 15 is 0 Å². The molecule has 1 aliphatic rings. The van der Waals surface area contributed by atoms with E-state index in [2.05, 4.69) is 59.8 Å². The molecular formula is C19H25N3. The molecule has 1 aromatic carbocycles. The minimum Gasteiger partial charge on any atom is -0.369 e. The van der Waals surface area contributed by atoms with Crippen LogP contribution in [0.2, 0.25) is 0 Å². The van der Waals surface area contributed by atoms with Gasteiger partial charge in [0.25, 0.3) is 0 Å². The van der Waals surface area contributed by atoms with Crippen molar-refractivity contribution >= 4 is 5.69 Å². The SMILES string of the molecule is Cc1cccnc1CN1CCN(c2cccc(C)c2C)CC1. The van der Waals surface area contributed by atoms with E-state index in [-0.39, 0.29) is 0 Å². The first-order chi connectivity index (χ1) is 10.6. The average molecular weight is 295 g/mol. The van der Waals surface area contributed by atoms with Gasteiger partial charge in [0.15, 0.2) is 0 Å². The summed E-state index contributed by atoms with van der Waals surface area (Å²) in [7, 11) is 0. The van der Waals surface area contributed by atoms with Crippen molar-refractivity contribution in [3.05, 3.63) is 58.9 Å². The fraction of sp³-hybridized carbons (Fsp3) is 0.421. The Morgan fingerprint density at radius 2 is 1.64 bits per heavy atom. The molecular weight excluding hydrogens is 270 g/mol. The second-order valence-corrected chi connectivity index (χ2v) is 6.25. The van der Waals surface area contributed by atoms with Crippen molar-refractivity contribution in [3.63, 3.8) is 0 Å². The fourth-order valence-electron chi connectivity index (χ4n) is 3.12. The van der Waals surface area contributed by atoms with E-state index in [1.54, 1.807) is 0 Å². The molecule has 22 heavy (non-hydrogen) atoms. The summed E-state index contributed by atoms with van der Waals surface area (Å²) in [6, 6.07) is 10.8. The summed E-state index contributed by atoms with van der Waals surface area (Å²) in [5.74, 6) is 0. The van der Waals surface area contributed by atoms with Gasteiger partial charge in [-0.15, -0.1) is 0 Å². The molecule has 3 rings (SSSR count). The number of benzene rings is 1. The Labute approximate surface area is 133 Å². The van der Waals surface area contributed by atoms with Gasteiger partial charge in [0.05, 0.1) is 5.69 Å². The Bertz CT molecular complexity index is 643. The Morgan fingerprint density at radius 3 is 2.36 bits per heavy atom. The Balaban J connectivity index is 1.63. The van der Waals surface area contributed by atoms with Crippen molar-refractivity contribution in [2.45, 2.75) is 27.3 Å². The molecule has 2 heterocycles. The Morgan fingerprint density at radius 1 is 0.909 bits per heavy atom. The number of pyridine rings is 1. The molecule has 3 nitrogen and oxygen atoms in total. The number of hydrogen-bond acceptors (Lipinski definition) is 3. The molecule has 1 aromatic heterocycles. The lowest BCUT2D eigenvalue weighted by molar-refractivity contribution is 0.246. The highest BCUT2D eigenvalue weighted by atomic mass is 15.3. The molecule has 0 atom stereocenters. The predicted molar refractivity (Wildman–Crippen MR) is 92.4 cm³/mol. The van der Waals surface area contributed by atoms with E-state index in [0.29, 0.717) is 0 Å². The smallest absolute Gasteiger partial charge is 0.0573 e. The van der Waals surface area contributed by atoms with Gasteiger partial charge in [0.2, 0.25) is 0 Å². The molecule has 1 saturated heterocycles. The van der Waals surface area contributed by atoms with Gasteiger partial charge in [-0.2, -0.15) is 0 Å². The van der Waals surface area contributed by atoms with Crippen LogP contribution in [0.3, 0.4) is 0 Å². The molecule has 0 aliphatic carbocycles. The summed E-state index contributed by atoms with van der Waals surface area (Å²) in [4.78, 5) is 9.55. The van der Waals surface area contributed by atoms with Crippen LogP contribution in [0.4, 0.5) is 5.69 Å².